The molecular formula is C15H26ClNS. The van der Waals surface area contributed by atoms with Crippen molar-refractivity contribution in [1.29, 1.82) is 0 Å². The molecule has 0 heterocycles. The maximum absolute atomic E-state index is 6.29. The topological polar surface area (TPSA) is 26.0 Å². The smallest absolute Gasteiger partial charge is 0.0306 e. The molecule has 0 bridgehead atoms. The fourth-order valence-corrected chi connectivity index (χ4v) is 2.93. The number of benzene rings is 1. The van der Waals surface area contributed by atoms with Crippen molar-refractivity contribution >= 4 is 24.2 Å². The number of nitrogens with two attached hydrogens (primary N) is 1. The second kappa shape index (κ2) is 8.08. The molecule has 104 valence electrons. The summed E-state index contributed by atoms with van der Waals surface area (Å²) in [6, 6.07) is 8.74. The van der Waals surface area contributed by atoms with Crippen LogP contribution in [0.2, 0.25) is 0 Å². The molecule has 1 nitrogen and oxygen atoms in total. The molecular weight excluding hydrogens is 262 g/mol. The predicted molar refractivity (Wildman–Crippen MR) is 85.8 cm³/mol. The van der Waals surface area contributed by atoms with Crippen molar-refractivity contribution < 1.29 is 0 Å². The summed E-state index contributed by atoms with van der Waals surface area (Å²) in [6.45, 7) is 8.94. The van der Waals surface area contributed by atoms with Crippen LogP contribution in [0.25, 0.3) is 0 Å². The van der Waals surface area contributed by atoms with Gasteiger partial charge in [0, 0.05) is 15.7 Å². The highest BCUT2D eigenvalue weighted by Crippen LogP contribution is 2.36. The van der Waals surface area contributed by atoms with Gasteiger partial charge in [0.2, 0.25) is 0 Å². The zero-order chi connectivity index (χ0) is 12.9. The molecule has 1 rings (SSSR count). The molecule has 0 aliphatic heterocycles. The largest absolute Gasteiger partial charge is 0.324 e. The third-order valence-corrected chi connectivity index (χ3v) is 3.81. The molecule has 0 spiro atoms. The first-order valence-electron chi connectivity index (χ1n) is 6.47. The Hall–Kier alpha value is -0.180. The molecule has 0 fully saturated rings. The molecule has 18 heavy (non-hydrogen) atoms. The van der Waals surface area contributed by atoms with Crippen LogP contribution in [0.3, 0.4) is 0 Å². The molecule has 1 atom stereocenters. The summed E-state index contributed by atoms with van der Waals surface area (Å²) in [6.07, 6.45) is 3.50. The Morgan fingerprint density at radius 1 is 1.22 bits per heavy atom. The van der Waals surface area contributed by atoms with E-state index in [4.69, 9.17) is 5.73 Å². The van der Waals surface area contributed by atoms with Crippen molar-refractivity contribution in [3.05, 3.63) is 29.8 Å². The highest BCUT2D eigenvalue weighted by Gasteiger charge is 2.17. The minimum absolute atomic E-state index is 0. The van der Waals surface area contributed by atoms with Crippen LogP contribution in [0, 0.1) is 0 Å². The van der Waals surface area contributed by atoms with Gasteiger partial charge < -0.3 is 5.73 Å². The Morgan fingerprint density at radius 3 is 2.39 bits per heavy atom. The molecule has 0 aromatic heterocycles. The summed E-state index contributed by atoms with van der Waals surface area (Å²) >= 11 is 1.91. The zero-order valence-corrected chi connectivity index (χ0v) is 13.5. The predicted octanol–water partition coefficient (Wildman–Crippen LogP) is 5.19. The summed E-state index contributed by atoms with van der Waals surface area (Å²) in [4.78, 5) is 1.34. The van der Waals surface area contributed by atoms with Crippen molar-refractivity contribution in [2.45, 2.75) is 62.6 Å². The van der Waals surface area contributed by atoms with Gasteiger partial charge in [-0.3, -0.25) is 0 Å². The molecule has 0 aliphatic rings. The number of rotatable bonds is 5. The van der Waals surface area contributed by atoms with Crippen LogP contribution in [0.1, 0.15) is 58.6 Å². The molecule has 0 unspecified atom stereocenters. The minimum Gasteiger partial charge on any atom is -0.324 e. The van der Waals surface area contributed by atoms with Crippen molar-refractivity contribution in [1.82, 2.24) is 0 Å². The van der Waals surface area contributed by atoms with E-state index in [2.05, 4.69) is 52.0 Å². The third kappa shape index (κ3) is 6.12. The van der Waals surface area contributed by atoms with E-state index in [0.717, 1.165) is 6.42 Å². The van der Waals surface area contributed by atoms with Crippen molar-refractivity contribution in [3.63, 3.8) is 0 Å². The first-order valence-corrected chi connectivity index (χ1v) is 7.29. The van der Waals surface area contributed by atoms with E-state index in [1.54, 1.807) is 0 Å². The van der Waals surface area contributed by atoms with Crippen LogP contribution in [0.4, 0.5) is 0 Å². The number of unbranched alkanes of at least 4 members (excludes halogenated alkanes) is 1. The average Bonchev–Trinajstić information content (AvgIpc) is 2.24. The highest BCUT2D eigenvalue weighted by molar-refractivity contribution is 8.00. The van der Waals surface area contributed by atoms with E-state index in [0.29, 0.717) is 0 Å². The van der Waals surface area contributed by atoms with Crippen LogP contribution in [-0.4, -0.2) is 4.75 Å². The minimum atomic E-state index is 0. The highest BCUT2D eigenvalue weighted by atomic mass is 35.5. The molecule has 3 heteroatoms. The first-order chi connectivity index (χ1) is 7.94. The van der Waals surface area contributed by atoms with Gasteiger partial charge in [0.05, 0.1) is 0 Å². The maximum atomic E-state index is 6.29. The van der Waals surface area contributed by atoms with Crippen LogP contribution in [0.5, 0.6) is 0 Å². The average molecular weight is 288 g/mol. The van der Waals surface area contributed by atoms with Crippen molar-refractivity contribution in [2.24, 2.45) is 5.73 Å². The van der Waals surface area contributed by atoms with Gasteiger partial charge in [0.15, 0.2) is 0 Å². The standard InChI is InChI=1S/C15H25NS.ClH/c1-5-6-10-13(16)12-9-7-8-11-14(12)17-15(2,3)4;/h7-9,11,13H,5-6,10,16H2,1-4H3;1H/t13-;/m1./s1. The fourth-order valence-electron chi connectivity index (χ4n) is 1.79. The summed E-state index contributed by atoms with van der Waals surface area (Å²) in [5.41, 5.74) is 7.59. The quantitative estimate of drug-likeness (QED) is 0.754. The molecule has 0 radical (unpaired) electrons. The molecule has 1 aromatic rings. The van der Waals surface area contributed by atoms with Crippen molar-refractivity contribution in [2.75, 3.05) is 0 Å². The van der Waals surface area contributed by atoms with Crippen LogP contribution >= 0.6 is 24.2 Å². The van der Waals surface area contributed by atoms with Gasteiger partial charge in [0.25, 0.3) is 0 Å². The van der Waals surface area contributed by atoms with Crippen LogP contribution in [0.15, 0.2) is 29.2 Å². The number of hydrogen-bond donors (Lipinski definition) is 1. The third-order valence-electron chi connectivity index (χ3n) is 2.60. The van der Waals surface area contributed by atoms with Crippen LogP contribution in [-0.2, 0) is 0 Å². The van der Waals surface area contributed by atoms with E-state index < -0.39 is 0 Å². The molecule has 2 N–H and O–H groups in total. The second-order valence-corrected chi connectivity index (χ2v) is 7.37. The Bertz CT molecular complexity index is 347. The lowest BCUT2D eigenvalue weighted by Crippen LogP contribution is -2.13. The maximum Gasteiger partial charge on any atom is 0.0306 e. The Kier molecular flexibility index (Phi) is 8.00. The molecule has 0 saturated carbocycles. The monoisotopic (exact) mass is 287 g/mol. The molecule has 0 saturated heterocycles. The molecule has 0 aliphatic carbocycles. The summed E-state index contributed by atoms with van der Waals surface area (Å²) in [7, 11) is 0. The Labute approximate surface area is 122 Å². The van der Waals surface area contributed by atoms with Gasteiger partial charge >= 0.3 is 0 Å². The number of halogens is 1. The van der Waals surface area contributed by atoms with Gasteiger partial charge in [-0.1, -0.05) is 58.7 Å². The first kappa shape index (κ1) is 17.8. The van der Waals surface area contributed by atoms with Gasteiger partial charge in [-0.2, -0.15) is 0 Å². The Morgan fingerprint density at radius 2 is 1.83 bits per heavy atom. The Balaban J connectivity index is 0.00000289. The van der Waals surface area contributed by atoms with E-state index in [9.17, 15) is 0 Å². The lowest BCUT2D eigenvalue weighted by Gasteiger charge is -2.22. The van der Waals surface area contributed by atoms with E-state index in [1.165, 1.54) is 23.3 Å². The van der Waals surface area contributed by atoms with E-state index >= 15 is 0 Å². The SMILES string of the molecule is CCCC[C@@H](N)c1ccccc1SC(C)(C)C.Cl. The number of hydrogen-bond acceptors (Lipinski definition) is 2. The second-order valence-electron chi connectivity index (χ2n) is 5.50. The molecule has 1 aromatic carbocycles. The normalized spacial score (nSPS) is 12.9. The zero-order valence-electron chi connectivity index (χ0n) is 11.9. The van der Waals surface area contributed by atoms with Gasteiger partial charge in [-0.15, -0.1) is 24.2 Å². The van der Waals surface area contributed by atoms with Crippen molar-refractivity contribution in [3.8, 4) is 0 Å². The lowest BCUT2D eigenvalue weighted by molar-refractivity contribution is 0.596. The van der Waals surface area contributed by atoms with Gasteiger partial charge in [-0.25, -0.2) is 0 Å². The van der Waals surface area contributed by atoms with Gasteiger partial charge in [0.1, 0.15) is 0 Å². The summed E-state index contributed by atoms with van der Waals surface area (Å²) in [5, 5.41) is 0. The lowest BCUT2D eigenvalue weighted by atomic mass is 10.0. The van der Waals surface area contributed by atoms with Crippen LogP contribution < -0.4 is 5.73 Å². The summed E-state index contributed by atoms with van der Waals surface area (Å²) in [5.74, 6) is 0. The molecule has 0 amide bonds. The number of thioether (sulfide) groups is 1. The fraction of sp³-hybridized carbons (Fsp3) is 0.600. The van der Waals surface area contributed by atoms with Gasteiger partial charge in [-0.05, 0) is 18.1 Å². The summed E-state index contributed by atoms with van der Waals surface area (Å²) < 4.78 is 0.237. The van der Waals surface area contributed by atoms with E-state index in [1.807, 2.05) is 11.8 Å². The van der Waals surface area contributed by atoms with E-state index in [-0.39, 0.29) is 23.2 Å².